The van der Waals surface area contributed by atoms with Crippen LogP contribution in [0.3, 0.4) is 0 Å². The lowest BCUT2D eigenvalue weighted by molar-refractivity contribution is -0.153. The van der Waals surface area contributed by atoms with Crippen LogP contribution in [0.15, 0.2) is 59.5 Å². The van der Waals surface area contributed by atoms with E-state index in [1.54, 1.807) is 17.0 Å². The Kier molecular flexibility index (Phi) is 8.26. The van der Waals surface area contributed by atoms with Crippen molar-refractivity contribution in [3.8, 4) is 0 Å². The molecule has 0 saturated carbocycles. The van der Waals surface area contributed by atoms with Gasteiger partial charge in [-0.1, -0.05) is 44.2 Å². The van der Waals surface area contributed by atoms with Gasteiger partial charge in [-0.25, -0.2) is 8.42 Å². The van der Waals surface area contributed by atoms with Gasteiger partial charge in [0.2, 0.25) is 10.0 Å². The molecule has 2 aromatic carbocycles. The summed E-state index contributed by atoms with van der Waals surface area (Å²) in [7, 11) is -3.60. The topological polar surface area (TPSA) is 84.0 Å². The predicted octanol–water partition coefficient (Wildman–Crippen LogP) is 3.81. The smallest absolute Gasteiger partial charge is 0.309 e. The standard InChI is InChI=1S/C25H32N2O5S/c1-4-27(22-8-6-5-7-9-22)24(28)18-32-25(29)21-14-16-26(17-15-21)33(30,31)23-12-10-20(11-13-23)19(2)3/h5-13,19,21H,4,14-18H2,1-3H3. The van der Waals surface area contributed by atoms with E-state index in [2.05, 4.69) is 13.8 Å². The highest BCUT2D eigenvalue weighted by molar-refractivity contribution is 7.89. The number of piperidine rings is 1. The third-order valence-corrected chi connectivity index (χ3v) is 7.91. The normalized spacial score (nSPS) is 15.4. The van der Waals surface area contributed by atoms with Gasteiger partial charge < -0.3 is 9.64 Å². The number of hydrogen-bond acceptors (Lipinski definition) is 5. The summed E-state index contributed by atoms with van der Waals surface area (Å²) in [5.74, 6) is -0.834. The fourth-order valence-corrected chi connectivity index (χ4v) is 5.41. The molecule has 2 aromatic rings. The molecule has 8 heteroatoms. The van der Waals surface area contributed by atoms with Gasteiger partial charge in [0.05, 0.1) is 10.8 Å². The number of ether oxygens (including phenoxy) is 1. The molecule has 3 rings (SSSR count). The molecule has 1 aliphatic heterocycles. The van der Waals surface area contributed by atoms with Crippen molar-refractivity contribution in [3.63, 3.8) is 0 Å². The lowest BCUT2D eigenvalue weighted by atomic mass is 9.98. The number of benzene rings is 2. The number of rotatable bonds is 8. The molecule has 0 spiro atoms. The summed E-state index contributed by atoms with van der Waals surface area (Å²) in [6, 6.07) is 16.2. The Morgan fingerprint density at radius 1 is 1.03 bits per heavy atom. The van der Waals surface area contributed by atoms with E-state index in [1.807, 2.05) is 49.4 Å². The van der Waals surface area contributed by atoms with E-state index in [9.17, 15) is 18.0 Å². The molecule has 33 heavy (non-hydrogen) atoms. The van der Waals surface area contributed by atoms with Gasteiger partial charge >= 0.3 is 5.97 Å². The fraction of sp³-hybridized carbons (Fsp3) is 0.440. The molecule has 1 saturated heterocycles. The summed E-state index contributed by atoms with van der Waals surface area (Å²) < 4.78 is 32.6. The number of anilines is 1. The summed E-state index contributed by atoms with van der Waals surface area (Å²) in [5, 5.41) is 0. The molecule has 1 amide bonds. The predicted molar refractivity (Wildman–Crippen MR) is 127 cm³/mol. The Hall–Kier alpha value is -2.71. The zero-order chi connectivity index (χ0) is 24.0. The molecule has 7 nitrogen and oxygen atoms in total. The van der Waals surface area contributed by atoms with Gasteiger partial charge in [0.25, 0.3) is 5.91 Å². The molecular formula is C25H32N2O5S. The minimum Gasteiger partial charge on any atom is -0.455 e. The number of para-hydroxylation sites is 1. The summed E-state index contributed by atoms with van der Waals surface area (Å²) in [4.78, 5) is 26.9. The molecule has 1 aliphatic rings. The van der Waals surface area contributed by atoms with Gasteiger partial charge in [-0.15, -0.1) is 0 Å². The first-order valence-corrected chi connectivity index (χ1v) is 12.8. The highest BCUT2D eigenvalue weighted by Crippen LogP contribution is 2.26. The van der Waals surface area contributed by atoms with E-state index < -0.39 is 21.9 Å². The molecule has 0 bridgehead atoms. The van der Waals surface area contributed by atoms with Gasteiger partial charge in [0.15, 0.2) is 6.61 Å². The number of sulfonamides is 1. The average Bonchev–Trinajstić information content (AvgIpc) is 2.83. The first-order chi connectivity index (χ1) is 15.7. The van der Waals surface area contributed by atoms with Crippen molar-refractivity contribution in [3.05, 3.63) is 60.2 Å². The van der Waals surface area contributed by atoms with Gasteiger partial charge in [-0.05, 0) is 55.5 Å². The van der Waals surface area contributed by atoms with Crippen LogP contribution in [0.1, 0.15) is 45.1 Å². The lowest BCUT2D eigenvalue weighted by Gasteiger charge is -2.30. The van der Waals surface area contributed by atoms with Gasteiger partial charge in [0.1, 0.15) is 0 Å². The van der Waals surface area contributed by atoms with Crippen molar-refractivity contribution in [2.24, 2.45) is 5.92 Å². The Balaban J connectivity index is 1.52. The van der Waals surface area contributed by atoms with Crippen LogP contribution in [0, 0.1) is 5.92 Å². The Bertz CT molecular complexity index is 1040. The summed E-state index contributed by atoms with van der Waals surface area (Å²) in [5.41, 5.74) is 1.83. The van der Waals surface area contributed by atoms with Gasteiger partial charge in [0, 0.05) is 25.3 Å². The van der Waals surface area contributed by atoms with E-state index in [-0.39, 0.29) is 30.5 Å². The van der Waals surface area contributed by atoms with Crippen LogP contribution in [-0.2, 0) is 24.3 Å². The zero-order valence-corrected chi connectivity index (χ0v) is 20.3. The maximum Gasteiger partial charge on any atom is 0.309 e. The first kappa shape index (κ1) is 24.9. The Morgan fingerprint density at radius 3 is 2.18 bits per heavy atom. The molecule has 0 atom stereocenters. The van der Waals surface area contributed by atoms with E-state index in [1.165, 1.54) is 4.31 Å². The molecule has 1 fully saturated rings. The van der Waals surface area contributed by atoms with E-state index >= 15 is 0 Å². The van der Waals surface area contributed by atoms with Crippen molar-refractivity contribution in [2.75, 3.05) is 31.1 Å². The number of nitrogens with zero attached hydrogens (tertiary/aromatic N) is 2. The molecule has 0 aliphatic carbocycles. The van der Waals surface area contributed by atoms with Crippen LogP contribution in [0.25, 0.3) is 0 Å². The van der Waals surface area contributed by atoms with Crippen molar-refractivity contribution in [2.45, 2.75) is 44.4 Å². The minimum atomic E-state index is -3.60. The maximum atomic E-state index is 13.0. The van der Waals surface area contributed by atoms with Gasteiger partial charge in [-0.2, -0.15) is 4.31 Å². The van der Waals surface area contributed by atoms with Crippen molar-refractivity contribution >= 4 is 27.6 Å². The van der Waals surface area contributed by atoms with E-state index in [0.29, 0.717) is 25.3 Å². The van der Waals surface area contributed by atoms with Crippen LogP contribution < -0.4 is 4.90 Å². The Morgan fingerprint density at radius 2 is 1.64 bits per heavy atom. The molecule has 0 unspecified atom stereocenters. The number of hydrogen-bond donors (Lipinski definition) is 0. The minimum absolute atomic E-state index is 0.243. The van der Waals surface area contributed by atoms with Crippen LogP contribution in [0.2, 0.25) is 0 Å². The summed E-state index contributed by atoms with van der Waals surface area (Å²) in [6.45, 7) is 6.60. The van der Waals surface area contributed by atoms with Crippen molar-refractivity contribution < 1.29 is 22.7 Å². The van der Waals surface area contributed by atoms with Gasteiger partial charge in [-0.3, -0.25) is 9.59 Å². The molecular weight excluding hydrogens is 440 g/mol. The van der Waals surface area contributed by atoms with Crippen LogP contribution in [0.4, 0.5) is 5.69 Å². The summed E-state index contributed by atoms with van der Waals surface area (Å²) >= 11 is 0. The monoisotopic (exact) mass is 472 g/mol. The SMILES string of the molecule is CCN(C(=O)COC(=O)C1CCN(S(=O)(=O)c2ccc(C(C)C)cc2)CC1)c1ccccc1. The van der Waals surface area contributed by atoms with Crippen molar-refractivity contribution in [1.29, 1.82) is 0 Å². The second-order valence-electron chi connectivity index (χ2n) is 8.48. The van der Waals surface area contributed by atoms with Crippen LogP contribution in [-0.4, -0.2) is 50.8 Å². The van der Waals surface area contributed by atoms with E-state index in [4.69, 9.17) is 4.74 Å². The summed E-state index contributed by atoms with van der Waals surface area (Å²) in [6.07, 6.45) is 0.735. The maximum absolute atomic E-state index is 13.0. The van der Waals surface area contributed by atoms with Crippen LogP contribution >= 0.6 is 0 Å². The number of likely N-dealkylation sites (N-methyl/N-ethyl adjacent to an activating group) is 1. The highest BCUT2D eigenvalue weighted by atomic mass is 32.2. The number of carbonyl (C=O) groups is 2. The molecule has 0 radical (unpaired) electrons. The number of carbonyl (C=O) groups excluding carboxylic acids is 2. The second kappa shape index (κ2) is 10.9. The fourth-order valence-electron chi connectivity index (χ4n) is 3.95. The third kappa shape index (κ3) is 6.00. The molecule has 0 N–H and O–H groups in total. The lowest BCUT2D eigenvalue weighted by Crippen LogP contribution is -2.41. The zero-order valence-electron chi connectivity index (χ0n) is 19.4. The highest BCUT2D eigenvalue weighted by Gasteiger charge is 2.33. The quantitative estimate of drug-likeness (QED) is 0.546. The number of esters is 1. The molecule has 1 heterocycles. The molecule has 178 valence electrons. The van der Waals surface area contributed by atoms with Crippen molar-refractivity contribution in [1.82, 2.24) is 4.31 Å². The number of amides is 1. The second-order valence-corrected chi connectivity index (χ2v) is 10.4. The third-order valence-electron chi connectivity index (χ3n) is 5.99. The van der Waals surface area contributed by atoms with Crippen LogP contribution in [0.5, 0.6) is 0 Å². The van der Waals surface area contributed by atoms with E-state index in [0.717, 1.165) is 11.3 Å². The largest absolute Gasteiger partial charge is 0.455 e. The average molecular weight is 473 g/mol. The first-order valence-electron chi connectivity index (χ1n) is 11.4. The molecule has 0 aromatic heterocycles. The Labute approximate surface area is 196 Å².